The Morgan fingerprint density at radius 1 is 0.885 bits per heavy atom. The van der Waals surface area contributed by atoms with E-state index in [2.05, 4.69) is 9.62 Å². The van der Waals surface area contributed by atoms with Gasteiger partial charge in [0.05, 0.1) is 21.8 Å². The van der Waals surface area contributed by atoms with Crippen molar-refractivity contribution in [2.24, 2.45) is 0 Å². The molecule has 1 N–H and O–H groups in total. The van der Waals surface area contributed by atoms with Gasteiger partial charge in [0.15, 0.2) is 0 Å². The lowest BCUT2D eigenvalue weighted by Gasteiger charge is -2.30. The van der Waals surface area contributed by atoms with Crippen molar-refractivity contribution in [1.29, 1.82) is 0 Å². The predicted octanol–water partition coefficient (Wildman–Crippen LogP) is 4.50. The number of para-hydroxylation sites is 2. The second kappa shape index (κ2) is 7.19. The van der Waals surface area contributed by atoms with E-state index in [1.807, 2.05) is 12.1 Å². The van der Waals surface area contributed by atoms with Crippen LogP contribution in [0.25, 0.3) is 0 Å². The highest BCUT2D eigenvalue weighted by Crippen LogP contribution is 2.32. The first-order valence-corrected chi connectivity index (χ1v) is 9.80. The van der Waals surface area contributed by atoms with Crippen LogP contribution in [0, 0.1) is 0 Å². The van der Waals surface area contributed by atoms with E-state index >= 15 is 0 Å². The first-order valence-electron chi connectivity index (χ1n) is 8.31. The molecule has 1 aliphatic rings. The summed E-state index contributed by atoms with van der Waals surface area (Å²) in [5, 5.41) is 0. The average Bonchev–Trinajstić information content (AvgIpc) is 2.62. The van der Waals surface area contributed by atoms with Crippen LogP contribution in [-0.2, 0) is 16.2 Å². The number of hydrogen-bond acceptors (Lipinski definition) is 3. The Labute approximate surface area is 150 Å². The average molecular weight is 384 g/mol. The van der Waals surface area contributed by atoms with Crippen molar-refractivity contribution in [3.05, 3.63) is 54.1 Å². The van der Waals surface area contributed by atoms with Crippen molar-refractivity contribution in [2.75, 3.05) is 22.7 Å². The van der Waals surface area contributed by atoms with E-state index in [0.717, 1.165) is 62.3 Å². The maximum absolute atomic E-state index is 12.7. The lowest BCUT2D eigenvalue weighted by molar-refractivity contribution is -0.137. The number of anilines is 2. The van der Waals surface area contributed by atoms with E-state index in [-0.39, 0.29) is 4.90 Å². The van der Waals surface area contributed by atoms with Gasteiger partial charge in [0, 0.05) is 13.1 Å². The molecule has 4 nitrogen and oxygen atoms in total. The van der Waals surface area contributed by atoms with Crippen LogP contribution in [0.1, 0.15) is 24.8 Å². The number of benzene rings is 2. The van der Waals surface area contributed by atoms with Crippen LogP contribution in [0.2, 0.25) is 0 Å². The molecule has 1 heterocycles. The Bertz CT molecular complexity index is 859. The summed E-state index contributed by atoms with van der Waals surface area (Å²) < 4.78 is 65.6. The van der Waals surface area contributed by atoms with Gasteiger partial charge in [0.1, 0.15) is 0 Å². The summed E-state index contributed by atoms with van der Waals surface area (Å²) >= 11 is 0. The third kappa shape index (κ3) is 4.12. The molecule has 0 unspecified atom stereocenters. The third-order valence-corrected chi connectivity index (χ3v) is 5.72. The molecule has 0 saturated carbocycles. The van der Waals surface area contributed by atoms with Crippen LogP contribution in [0.4, 0.5) is 24.5 Å². The van der Waals surface area contributed by atoms with Gasteiger partial charge >= 0.3 is 6.18 Å². The van der Waals surface area contributed by atoms with Crippen LogP contribution < -0.4 is 9.62 Å². The normalized spacial score (nSPS) is 15.7. The minimum Gasteiger partial charge on any atom is -0.370 e. The van der Waals surface area contributed by atoms with Gasteiger partial charge < -0.3 is 4.90 Å². The Kier molecular flexibility index (Phi) is 5.13. The molecule has 2 aromatic carbocycles. The molecule has 2 aromatic rings. The van der Waals surface area contributed by atoms with Gasteiger partial charge in [0.2, 0.25) is 0 Å². The van der Waals surface area contributed by atoms with Crippen molar-refractivity contribution in [3.63, 3.8) is 0 Å². The highest BCUT2D eigenvalue weighted by molar-refractivity contribution is 7.92. The number of rotatable bonds is 4. The minimum absolute atomic E-state index is 0.209. The Morgan fingerprint density at radius 2 is 1.50 bits per heavy atom. The van der Waals surface area contributed by atoms with Crippen molar-refractivity contribution >= 4 is 21.4 Å². The molecule has 0 amide bonds. The summed E-state index contributed by atoms with van der Waals surface area (Å²) in [5.74, 6) is 0. The first-order chi connectivity index (χ1) is 12.3. The second-order valence-electron chi connectivity index (χ2n) is 6.19. The molecular weight excluding hydrogens is 365 g/mol. The molecular formula is C18H19F3N2O2S. The van der Waals surface area contributed by atoms with Crippen LogP contribution >= 0.6 is 0 Å². The van der Waals surface area contributed by atoms with Gasteiger partial charge in [-0.1, -0.05) is 12.1 Å². The Balaban J connectivity index is 1.86. The van der Waals surface area contributed by atoms with Crippen LogP contribution in [0.15, 0.2) is 53.4 Å². The monoisotopic (exact) mass is 384 g/mol. The number of nitrogens with one attached hydrogen (secondary N) is 1. The molecule has 0 bridgehead atoms. The topological polar surface area (TPSA) is 49.4 Å². The summed E-state index contributed by atoms with van der Waals surface area (Å²) in [5.41, 5.74) is 0.321. The van der Waals surface area contributed by atoms with Crippen LogP contribution in [-0.4, -0.2) is 21.5 Å². The lowest BCUT2D eigenvalue weighted by atomic mass is 10.1. The molecule has 3 rings (SSSR count). The fraction of sp³-hybridized carbons (Fsp3) is 0.333. The third-order valence-electron chi connectivity index (χ3n) is 4.34. The smallest absolute Gasteiger partial charge is 0.370 e. The number of piperidine rings is 1. The molecule has 0 aliphatic carbocycles. The van der Waals surface area contributed by atoms with E-state index in [4.69, 9.17) is 0 Å². The number of halogens is 3. The molecule has 1 aliphatic heterocycles. The van der Waals surface area contributed by atoms with Crippen LogP contribution in [0.3, 0.4) is 0 Å². The molecule has 140 valence electrons. The second-order valence-corrected chi connectivity index (χ2v) is 7.87. The van der Waals surface area contributed by atoms with E-state index in [0.29, 0.717) is 5.69 Å². The summed E-state index contributed by atoms with van der Waals surface area (Å²) in [6, 6.07) is 10.5. The summed E-state index contributed by atoms with van der Waals surface area (Å²) in [7, 11) is -3.98. The molecule has 8 heteroatoms. The van der Waals surface area contributed by atoms with Gasteiger partial charge in [-0.25, -0.2) is 8.42 Å². The molecule has 26 heavy (non-hydrogen) atoms. The van der Waals surface area contributed by atoms with Crippen molar-refractivity contribution in [3.8, 4) is 0 Å². The summed E-state index contributed by atoms with van der Waals surface area (Å²) in [4.78, 5) is 1.91. The Morgan fingerprint density at radius 3 is 2.12 bits per heavy atom. The molecule has 0 spiro atoms. The largest absolute Gasteiger partial charge is 0.416 e. The number of nitrogens with zero attached hydrogens (tertiary/aromatic N) is 1. The highest BCUT2D eigenvalue weighted by Gasteiger charge is 2.30. The molecule has 1 saturated heterocycles. The summed E-state index contributed by atoms with van der Waals surface area (Å²) in [6.07, 6.45) is -1.27. The zero-order valence-electron chi connectivity index (χ0n) is 14.0. The van der Waals surface area contributed by atoms with Gasteiger partial charge in [-0.2, -0.15) is 13.2 Å². The lowest BCUT2D eigenvalue weighted by Crippen LogP contribution is -2.30. The summed E-state index contributed by atoms with van der Waals surface area (Å²) in [6.45, 7) is 1.69. The van der Waals surface area contributed by atoms with E-state index in [1.54, 1.807) is 12.1 Å². The molecule has 0 atom stereocenters. The predicted molar refractivity (Wildman–Crippen MR) is 94.8 cm³/mol. The van der Waals surface area contributed by atoms with E-state index in [1.165, 1.54) is 0 Å². The van der Waals surface area contributed by atoms with Gasteiger partial charge in [-0.3, -0.25) is 4.72 Å². The maximum Gasteiger partial charge on any atom is 0.416 e. The van der Waals surface area contributed by atoms with Gasteiger partial charge in [-0.15, -0.1) is 0 Å². The Hall–Kier alpha value is -2.22. The highest BCUT2D eigenvalue weighted by atomic mass is 32.2. The maximum atomic E-state index is 12.7. The molecule has 0 aromatic heterocycles. The van der Waals surface area contributed by atoms with Crippen molar-refractivity contribution < 1.29 is 21.6 Å². The fourth-order valence-electron chi connectivity index (χ4n) is 3.00. The number of alkyl halides is 3. The van der Waals surface area contributed by atoms with Crippen LogP contribution in [0.5, 0.6) is 0 Å². The van der Waals surface area contributed by atoms with Crippen molar-refractivity contribution in [1.82, 2.24) is 0 Å². The molecule has 0 radical (unpaired) electrons. The van der Waals surface area contributed by atoms with Crippen molar-refractivity contribution in [2.45, 2.75) is 30.3 Å². The van der Waals surface area contributed by atoms with Gasteiger partial charge in [-0.05, 0) is 55.7 Å². The quantitative estimate of drug-likeness (QED) is 0.845. The van der Waals surface area contributed by atoms with Gasteiger partial charge in [0.25, 0.3) is 10.0 Å². The zero-order chi connectivity index (χ0) is 18.8. The minimum atomic E-state index is -4.50. The first kappa shape index (κ1) is 18.6. The van der Waals surface area contributed by atoms with E-state index < -0.39 is 21.8 Å². The fourth-order valence-corrected chi connectivity index (χ4v) is 4.07. The van der Waals surface area contributed by atoms with E-state index in [9.17, 15) is 21.6 Å². The SMILES string of the molecule is O=S(=O)(Nc1ccccc1N1CCCCC1)c1ccc(C(F)(F)F)cc1. The standard InChI is InChI=1S/C18H19F3N2O2S/c19-18(20,21)14-8-10-15(11-9-14)26(24,25)22-16-6-2-3-7-17(16)23-12-4-1-5-13-23/h2-3,6-11,22H,1,4-5,12-13H2. The zero-order valence-corrected chi connectivity index (χ0v) is 14.8. The number of hydrogen-bond donors (Lipinski definition) is 1. The molecule has 1 fully saturated rings. The number of sulfonamides is 1.